The van der Waals surface area contributed by atoms with Gasteiger partial charge in [0, 0.05) is 70.8 Å². The summed E-state index contributed by atoms with van der Waals surface area (Å²) in [6.45, 7) is -13.5. The number of fused-ring (bicyclic) bond motifs is 3. The van der Waals surface area contributed by atoms with Crippen molar-refractivity contribution in [3.63, 3.8) is 0 Å². The first kappa shape index (κ1) is 6.30. The molecule has 124 valence electrons. The van der Waals surface area contributed by atoms with Crippen LogP contribution in [0.1, 0.15) is 47.3 Å². The highest BCUT2D eigenvalue weighted by atomic mass is 15.1. The van der Waals surface area contributed by atoms with Crippen LogP contribution in [0.2, 0.25) is 0 Å². The molecule has 3 aromatic rings. The van der Waals surface area contributed by atoms with Crippen LogP contribution in [0, 0.1) is 13.8 Å². The Labute approximate surface area is 163 Å². The van der Waals surface area contributed by atoms with Gasteiger partial charge in [-0.2, -0.15) is 0 Å². The topological polar surface area (TPSA) is 21.1 Å². The van der Waals surface area contributed by atoms with Crippen LogP contribution in [-0.2, 0) is 25.8 Å². The molecule has 1 aromatic carbocycles. The van der Waals surface area contributed by atoms with Gasteiger partial charge in [0.15, 0.2) is 0 Å². The molecule has 1 aliphatic heterocycles. The van der Waals surface area contributed by atoms with Crippen LogP contribution < -0.4 is 0 Å². The van der Waals surface area contributed by atoms with E-state index in [4.69, 9.17) is 19.2 Å². The Kier molecular flexibility index (Phi) is 1.59. The second kappa shape index (κ2) is 6.06. The van der Waals surface area contributed by atoms with Gasteiger partial charge < -0.3 is 9.47 Å². The van der Waals surface area contributed by atoms with Crippen molar-refractivity contribution in [2.75, 3.05) is 13.5 Å². The summed E-state index contributed by atoms with van der Waals surface area (Å²) in [6.07, 6.45) is -2.19. The molecule has 0 unspecified atom stereocenters. The van der Waals surface area contributed by atoms with E-state index in [0.29, 0.717) is 11.3 Å². The third-order valence-corrected chi connectivity index (χ3v) is 3.89. The molecule has 0 amide bonds. The van der Waals surface area contributed by atoms with Crippen LogP contribution in [-0.4, -0.2) is 27.9 Å². The molecule has 0 atom stereocenters. The molecule has 0 N–H and O–H groups in total. The average molecular weight is 334 g/mol. The van der Waals surface area contributed by atoms with Crippen LogP contribution in [0.25, 0.3) is 10.9 Å². The first-order valence-corrected chi connectivity index (χ1v) is 7.47. The summed E-state index contributed by atoms with van der Waals surface area (Å²) in [6, 6.07) is 6.73. The number of aromatic nitrogens is 2. The fourth-order valence-corrected chi connectivity index (χ4v) is 2.71. The first-order valence-electron chi connectivity index (χ1n) is 14.5. The quantitative estimate of drug-likeness (QED) is 0.725. The van der Waals surface area contributed by atoms with Gasteiger partial charge >= 0.3 is 0 Å². The van der Waals surface area contributed by atoms with Crippen molar-refractivity contribution >= 4 is 10.9 Å². The van der Waals surface area contributed by atoms with E-state index in [-0.39, 0.29) is 27.8 Å². The van der Waals surface area contributed by atoms with Gasteiger partial charge in [-0.15, -0.1) is 0 Å². The number of rotatable bonds is 3. The number of hydrogen-bond acceptors (Lipinski definition) is 2. The Morgan fingerprint density at radius 1 is 1.33 bits per heavy atom. The molecule has 0 saturated carbocycles. The van der Waals surface area contributed by atoms with Gasteiger partial charge in [0.05, 0.1) is 2.74 Å². The third kappa shape index (κ3) is 2.73. The summed E-state index contributed by atoms with van der Waals surface area (Å²) in [5.41, 5.74) is -0.640. The monoisotopic (exact) mass is 333 g/mol. The van der Waals surface area contributed by atoms with Gasteiger partial charge in [0.1, 0.15) is 0 Å². The molecule has 4 rings (SSSR count). The lowest BCUT2D eigenvalue weighted by Gasteiger charge is -2.24. The van der Waals surface area contributed by atoms with Gasteiger partial charge in [-0.05, 0) is 56.5 Å². The molecule has 2 aromatic heterocycles. The van der Waals surface area contributed by atoms with Crippen molar-refractivity contribution in [2.45, 2.75) is 39.6 Å². The lowest BCUT2D eigenvalue weighted by Crippen LogP contribution is -2.27. The van der Waals surface area contributed by atoms with Gasteiger partial charge in [-0.1, -0.05) is 17.7 Å². The standard InChI is InChI=1S/C21H25N3/c1-15-4-7-20-18(12-15)19-14-23(3)10-9-21(19)24(20)11-8-17-6-5-16(2)22-13-17/h4-7,12-13H,8-11,14H2,1-3H3/i1D3,3D3,9D2,10D2,11D2,14D2. The number of hydrogen-bond donors (Lipinski definition) is 0. The normalized spacial score (nSPS) is 31.5. The molecule has 3 heteroatoms. The molecule has 0 spiro atoms. The fourth-order valence-electron chi connectivity index (χ4n) is 2.71. The van der Waals surface area contributed by atoms with E-state index in [9.17, 15) is 0 Å². The van der Waals surface area contributed by atoms with E-state index >= 15 is 0 Å². The van der Waals surface area contributed by atoms with Gasteiger partial charge in [-0.25, -0.2) is 0 Å². The molecule has 1 aliphatic rings. The highest BCUT2D eigenvalue weighted by Gasteiger charge is 2.22. The third-order valence-electron chi connectivity index (χ3n) is 3.89. The summed E-state index contributed by atoms with van der Waals surface area (Å²) in [7, 11) is 0. The maximum absolute atomic E-state index is 8.94. The molecule has 3 nitrogen and oxygen atoms in total. The maximum Gasteiger partial charge on any atom is 0.0501 e. The number of nitrogens with zero attached hydrogens (tertiary/aromatic N) is 3. The molecular formula is C21H25N3. The number of benzene rings is 1. The SMILES string of the molecule is [2H]C([2H])([2H])c1ccc2c(c1)c1c(n2C([2H])([2H])Cc2ccc(C)nc2)C([2H])([2H])C([2H])([2H])N(C([2H])([2H])[2H])C1([2H])[2H]. The van der Waals surface area contributed by atoms with Crippen molar-refractivity contribution < 1.29 is 19.2 Å². The van der Waals surface area contributed by atoms with Crippen LogP contribution in [0.4, 0.5) is 0 Å². The van der Waals surface area contributed by atoms with E-state index in [1.165, 1.54) is 18.3 Å². The largest absolute Gasteiger partial charge is 0.344 e. The predicted octanol–water partition coefficient (Wildman–Crippen LogP) is 3.88. The van der Waals surface area contributed by atoms with Crippen LogP contribution >= 0.6 is 0 Å². The van der Waals surface area contributed by atoms with E-state index < -0.39 is 50.9 Å². The average Bonchev–Trinajstić information content (AvgIpc) is 3.09. The molecule has 0 bridgehead atoms. The Morgan fingerprint density at radius 3 is 3.08 bits per heavy atom. The number of pyridine rings is 1. The van der Waals surface area contributed by atoms with Crippen LogP contribution in [0.5, 0.6) is 0 Å². The summed E-state index contributed by atoms with van der Waals surface area (Å²) in [5, 5.41) is -0.224. The van der Waals surface area contributed by atoms with Crippen molar-refractivity contribution in [2.24, 2.45) is 0 Å². The Morgan fingerprint density at radius 2 is 2.29 bits per heavy atom. The summed E-state index contributed by atoms with van der Waals surface area (Å²) in [5.74, 6) is 0. The smallest absolute Gasteiger partial charge is 0.0501 e. The first-order chi connectivity index (χ1) is 17.0. The summed E-state index contributed by atoms with van der Waals surface area (Å²) >= 11 is 0. The minimum atomic E-state index is -3.46. The van der Waals surface area contributed by atoms with E-state index in [0.717, 1.165) is 10.6 Å². The highest BCUT2D eigenvalue weighted by molar-refractivity contribution is 5.86. The minimum absolute atomic E-state index is 0.107. The molecule has 0 saturated heterocycles. The predicted molar refractivity (Wildman–Crippen MR) is 99.4 cm³/mol. The Balaban J connectivity index is 2.15. The molecule has 0 fully saturated rings. The van der Waals surface area contributed by atoms with Crippen molar-refractivity contribution in [3.05, 3.63) is 64.6 Å². The zero-order valence-electron chi connectivity index (χ0n) is 27.0. The summed E-state index contributed by atoms with van der Waals surface area (Å²) in [4.78, 5) is 3.96. The molecule has 0 aliphatic carbocycles. The van der Waals surface area contributed by atoms with Crippen LogP contribution in [0.15, 0.2) is 36.5 Å². The van der Waals surface area contributed by atoms with E-state index in [1.807, 2.05) is 0 Å². The molecule has 0 radical (unpaired) electrons. The molecule has 24 heavy (non-hydrogen) atoms. The van der Waals surface area contributed by atoms with Crippen molar-refractivity contribution in [1.29, 1.82) is 0 Å². The second-order valence-corrected chi connectivity index (χ2v) is 5.62. The zero-order valence-corrected chi connectivity index (χ0v) is 13.0. The molecule has 3 heterocycles. The maximum atomic E-state index is 8.94. The van der Waals surface area contributed by atoms with Gasteiger partial charge in [-0.3, -0.25) is 4.98 Å². The fraction of sp³-hybridized carbons (Fsp3) is 0.381. The molecular weight excluding hydrogens is 294 g/mol. The lowest BCUT2D eigenvalue weighted by atomic mass is 10.0. The minimum Gasteiger partial charge on any atom is -0.344 e. The lowest BCUT2D eigenvalue weighted by molar-refractivity contribution is 0.309. The van der Waals surface area contributed by atoms with E-state index in [1.54, 1.807) is 19.1 Å². The number of likely N-dealkylation sites (N-methyl/N-ethyl adjacent to an activating group) is 1. The Hall–Kier alpha value is -2.13. The van der Waals surface area contributed by atoms with Crippen molar-refractivity contribution in [1.82, 2.24) is 14.5 Å². The van der Waals surface area contributed by atoms with Crippen molar-refractivity contribution in [3.8, 4) is 0 Å². The van der Waals surface area contributed by atoms with Gasteiger partial charge in [0.2, 0.25) is 0 Å². The highest BCUT2D eigenvalue weighted by Crippen LogP contribution is 2.31. The Bertz CT molecular complexity index is 1380. The van der Waals surface area contributed by atoms with Gasteiger partial charge in [0.25, 0.3) is 0 Å². The second-order valence-electron chi connectivity index (χ2n) is 5.62. The zero-order chi connectivity index (χ0) is 28.9. The van der Waals surface area contributed by atoms with E-state index in [2.05, 4.69) is 4.98 Å². The van der Waals surface area contributed by atoms with Crippen LogP contribution in [0.3, 0.4) is 0 Å². The summed E-state index contributed by atoms with van der Waals surface area (Å²) < 4.78 is 118. The number of aryl methyl sites for hydroxylation is 4.